The van der Waals surface area contributed by atoms with Crippen LogP contribution in [0.15, 0.2) is 0 Å². The number of aliphatic hydroxyl groups is 5. The summed E-state index contributed by atoms with van der Waals surface area (Å²) in [6.45, 7) is -1.000. The average Bonchev–Trinajstić information content (AvgIpc) is 2.12. The van der Waals surface area contributed by atoms with Crippen LogP contribution in [0.3, 0.4) is 0 Å². The summed E-state index contributed by atoms with van der Waals surface area (Å²) in [7, 11) is 0. The zero-order valence-corrected chi connectivity index (χ0v) is 6.08. The number of carbonyl (C=O) groups is 1. The second-order valence-electron chi connectivity index (χ2n) is 2.92. The standard InChI is InChI=1S/C6H10O6/c7-1-5(11)3(9)4(10)6(5,12)2-8/h1,3-4,8-12H,2H2/t3-,4-,5+,6+/m0/s1. The second kappa shape index (κ2) is 2.48. The van der Waals surface area contributed by atoms with Crippen LogP contribution in [-0.2, 0) is 4.79 Å². The third-order valence-electron chi connectivity index (χ3n) is 2.35. The predicted octanol–water partition coefficient (Wildman–Crippen LogP) is -3.62. The maximum absolute atomic E-state index is 10.2. The van der Waals surface area contributed by atoms with Crippen molar-refractivity contribution in [2.45, 2.75) is 23.4 Å². The molecular weight excluding hydrogens is 168 g/mol. The molecule has 0 aliphatic heterocycles. The fourth-order valence-electron chi connectivity index (χ4n) is 1.29. The summed E-state index contributed by atoms with van der Waals surface area (Å²) in [5.41, 5.74) is -4.82. The summed E-state index contributed by atoms with van der Waals surface area (Å²) < 4.78 is 0. The first-order chi connectivity index (χ1) is 5.44. The van der Waals surface area contributed by atoms with E-state index in [0.717, 1.165) is 0 Å². The molecule has 0 aromatic rings. The maximum Gasteiger partial charge on any atom is 0.182 e. The first kappa shape index (κ1) is 9.56. The van der Waals surface area contributed by atoms with E-state index in [9.17, 15) is 15.0 Å². The van der Waals surface area contributed by atoms with Gasteiger partial charge in [-0.2, -0.15) is 0 Å². The van der Waals surface area contributed by atoms with E-state index in [-0.39, 0.29) is 6.29 Å². The molecule has 0 bridgehead atoms. The molecule has 0 heterocycles. The van der Waals surface area contributed by atoms with Crippen molar-refractivity contribution < 1.29 is 30.3 Å². The van der Waals surface area contributed by atoms with E-state index >= 15 is 0 Å². The topological polar surface area (TPSA) is 118 Å². The van der Waals surface area contributed by atoms with Crippen LogP contribution in [-0.4, -0.2) is 61.8 Å². The van der Waals surface area contributed by atoms with Crippen molar-refractivity contribution in [3.8, 4) is 0 Å². The monoisotopic (exact) mass is 178 g/mol. The van der Waals surface area contributed by atoms with Gasteiger partial charge in [-0.3, -0.25) is 4.79 Å². The summed E-state index contributed by atoms with van der Waals surface area (Å²) in [5, 5.41) is 44.8. The molecule has 1 rings (SSSR count). The van der Waals surface area contributed by atoms with Crippen LogP contribution in [0.2, 0.25) is 0 Å². The second-order valence-corrected chi connectivity index (χ2v) is 2.92. The van der Waals surface area contributed by atoms with Crippen molar-refractivity contribution in [1.29, 1.82) is 0 Å². The SMILES string of the molecule is O=C[C@@]1(O)[C@@H](O)[C@H](O)[C@]1(O)CO. The molecule has 0 saturated heterocycles. The van der Waals surface area contributed by atoms with Crippen LogP contribution in [0.1, 0.15) is 0 Å². The number of aldehydes is 1. The number of rotatable bonds is 2. The van der Waals surface area contributed by atoms with E-state index in [2.05, 4.69) is 0 Å². The van der Waals surface area contributed by atoms with Crippen LogP contribution >= 0.6 is 0 Å². The highest BCUT2D eigenvalue weighted by molar-refractivity contribution is 5.70. The maximum atomic E-state index is 10.2. The molecule has 1 aliphatic rings. The lowest BCUT2D eigenvalue weighted by Crippen LogP contribution is -2.84. The Bertz CT molecular complexity index is 206. The quantitative estimate of drug-likeness (QED) is 0.278. The van der Waals surface area contributed by atoms with E-state index in [1.807, 2.05) is 0 Å². The molecule has 6 nitrogen and oxygen atoms in total. The molecule has 5 N–H and O–H groups in total. The summed E-state index contributed by atoms with van der Waals surface area (Å²) >= 11 is 0. The molecule has 6 heteroatoms. The van der Waals surface area contributed by atoms with E-state index in [1.54, 1.807) is 0 Å². The van der Waals surface area contributed by atoms with Crippen LogP contribution in [0.25, 0.3) is 0 Å². The summed E-state index contributed by atoms with van der Waals surface area (Å²) in [5.74, 6) is 0. The van der Waals surface area contributed by atoms with Gasteiger partial charge < -0.3 is 25.5 Å². The van der Waals surface area contributed by atoms with Crippen molar-refractivity contribution >= 4 is 6.29 Å². The zero-order chi connectivity index (χ0) is 9.57. The molecule has 70 valence electrons. The molecule has 0 unspecified atom stereocenters. The van der Waals surface area contributed by atoms with Crippen molar-refractivity contribution in [2.75, 3.05) is 6.61 Å². The van der Waals surface area contributed by atoms with E-state index < -0.39 is 30.0 Å². The molecule has 12 heavy (non-hydrogen) atoms. The molecule has 0 aromatic heterocycles. The number of hydrogen-bond donors (Lipinski definition) is 5. The van der Waals surface area contributed by atoms with Gasteiger partial charge in [0.2, 0.25) is 0 Å². The van der Waals surface area contributed by atoms with Crippen molar-refractivity contribution in [2.24, 2.45) is 0 Å². The van der Waals surface area contributed by atoms with Gasteiger partial charge in [-0.25, -0.2) is 0 Å². The van der Waals surface area contributed by atoms with Crippen molar-refractivity contribution in [3.63, 3.8) is 0 Å². The van der Waals surface area contributed by atoms with Crippen LogP contribution in [0.5, 0.6) is 0 Å². The Kier molecular flexibility index (Phi) is 1.97. The van der Waals surface area contributed by atoms with E-state index in [0.29, 0.717) is 0 Å². The lowest BCUT2D eigenvalue weighted by Gasteiger charge is -2.55. The molecule has 0 aromatic carbocycles. The van der Waals surface area contributed by atoms with Crippen molar-refractivity contribution in [1.82, 2.24) is 0 Å². The van der Waals surface area contributed by atoms with Gasteiger partial charge >= 0.3 is 0 Å². The average molecular weight is 178 g/mol. The highest BCUT2D eigenvalue weighted by Crippen LogP contribution is 2.41. The molecule has 0 amide bonds. The molecule has 1 fully saturated rings. The fourth-order valence-corrected chi connectivity index (χ4v) is 1.29. The predicted molar refractivity (Wildman–Crippen MR) is 35.1 cm³/mol. The molecular formula is C6H10O6. The first-order valence-electron chi connectivity index (χ1n) is 3.32. The minimum absolute atomic E-state index is 0.0966. The van der Waals surface area contributed by atoms with Gasteiger partial charge in [-0.1, -0.05) is 0 Å². The highest BCUT2D eigenvalue weighted by atomic mass is 16.5. The third-order valence-corrected chi connectivity index (χ3v) is 2.35. The Labute approximate surface area is 67.7 Å². The first-order valence-corrected chi connectivity index (χ1v) is 3.32. The van der Waals surface area contributed by atoms with Gasteiger partial charge in [0, 0.05) is 0 Å². The van der Waals surface area contributed by atoms with Crippen molar-refractivity contribution in [3.05, 3.63) is 0 Å². The van der Waals surface area contributed by atoms with Gasteiger partial charge in [-0.15, -0.1) is 0 Å². The Morgan fingerprint density at radius 3 is 2.00 bits per heavy atom. The van der Waals surface area contributed by atoms with Gasteiger partial charge in [0.25, 0.3) is 0 Å². The number of hydrogen-bond acceptors (Lipinski definition) is 6. The van der Waals surface area contributed by atoms with Gasteiger partial charge in [0.05, 0.1) is 6.61 Å². The Hall–Kier alpha value is -0.530. The Morgan fingerprint density at radius 2 is 1.75 bits per heavy atom. The molecule has 0 spiro atoms. The Balaban J connectivity index is 2.96. The Morgan fingerprint density at radius 1 is 1.25 bits per heavy atom. The lowest BCUT2D eigenvalue weighted by molar-refractivity contribution is -0.330. The summed E-state index contributed by atoms with van der Waals surface area (Å²) in [6, 6.07) is 0. The fraction of sp³-hybridized carbons (Fsp3) is 0.833. The highest BCUT2D eigenvalue weighted by Gasteiger charge is 2.71. The lowest BCUT2D eigenvalue weighted by atomic mass is 9.61. The number of carbonyl (C=O) groups excluding carboxylic acids is 1. The van der Waals surface area contributed by atoms with Crippen LogP contribution < -0.4 is 0 Å². The minimum Gasteiger partial charge on any atom is -0.393 e. The van der Waals surface area contributed by atoms with Crippen LogP contribution in [0, 0.1) is 0 Å². The largest absolute Gasteiger partial charge is 0.393 e. The van der Waals surface area contributed by atoms with E-state index in [1.165, 1.54) is 0 Å². The summed E-state index contributed by atoms with van der Waals surface area (Å²) in [6.07, 6.45) is -3.56. The van der Waals surface area contributed by atoms with Gasteiger partial charge in [0.1, 0.15) is 12.2 Å². The molecule has 0 radical (unpaired) electrons. The van der Waals surface area contributed by atoms with Crippen LogP contribution in [0.4, 0.5) is 0 Å². The van der Waals surface area contributed by atoms with Gasteiger partial charge in [-0.05, 0) is 0 Å². The van der Waals surface area contributed by atoms with E-state index in [4.69, 9.17) is 15.3 Å². The number of aliphatic hydroxyl groups excluding tert-OH is 3. The van der Waals surface area contributed by atoms with Gasteiger partial charge in [0.15, 0.2) is 17.5 Å². The minimum atomic E-state index is -2.47. The molecule has 1 aliphatic carbocycles. The smallest absolute Gasteiger partial charge is 0.182 e. The molecule has 4 atom stereocenters. The molecule has 1 saturated carbocycles. The third kappa shape index (κ3) is 0.732. The zero-order valence-electron chi connectivity index (χ0n) is 6.08. The summed E-state index contributed by atoms with van der Waals surface area (Å²) in [4.78, 5) is 10.2. The normalized spacial score (nSPS) is 53.1.